The Balaban J connectivity index is 1.54. The Morgan fingerprint density at radius 1 is 0.947 bits per heavy atom. The third-order valence-corrected chi connectivity index (χ3v) is 6.27. The van der Waals surface area contributed by atoms with E-state index in [0.717, 1.165) is 11.3 Å². The molecular weight excluding hydrogens is 502 g/mol. The van der Waals surface area contributed by atoms with E-state index in [4.69, 9.17) is 14.2 Å². The van der Waals surface area contributed by atoms with E-state index in [1.807, 2.05) is 83.4 Å². The van der Waals surface area contributed by atoms with Crippen LogP contribution < -0.4 is 19.6 Å². The lowest BCUT2D eigenvalue weighted by molar-refractivity contribution is -0.118. The quantitative estimate of drug-likeness (QED) is 0.168. The fourth-order valence-corrected chi connectivity index (χ4v) is 4.35. The Kier molecular flexibility index (Phi) is 9.14. The molecule has 1 aromatic heterocycles. The predicted octanol–water partition coefficient (Wildman–Crippen LogP) is 4.87. The van der Waals surface area contributed by atoms with E-state index < -0.39 is 0 Å². The molecule has 9 nitrogen and oxygen atoms in total. The molecule has 0 fully saturated rings. The van der Waals surface area contributed by atoms with Crippen LogP contribution in [0.1, 0.15) is 5.56 Å². The molecule has 4 aromatic rings. The highest BCUT2D eigenvalue weighted by Crippen LogP contribution is 2.41. The fourth-order valence-electron chi connectivity index (χ4n) is 3.60. The summed E-state index contributed by atoms with van der Waals surface area (Å²) < 4.78 is 18.4. The van der Waals surface area contributed by atoms with Crippen LogP contribution in [0, 0.1) is 0 Å². The Morgan fingerprint density at radius 2 is 1.61 bits per heavy atom. The van der Waals surface area contributed by atoms with Crippen LogP contribution in [-0.2, 0) is 4.79 Å². The van der Waals surface area contributed by atoms with Crippen LogP contribution in [0.5, 0.6) is 17.2 Å². The number of aromatic nitrogens is 3. The molecule has 1 N–H and O–H groups in total. The Bertz CT molecular complexity index is 1400. The average molecular weight is 530 g/mol. The molecule has 0 bridgehead atoms. The van der Waals surface area contributed by atoms with Gasteiger partial charge in [0.25, 0.3) is 5.91 Å². The number of ether oxygens (including phenoxy) is 3. The van der Waals surface area contributed by atoms with Crippen LogP contribution in [0.3, 0.4) is 0 Å². The molecule has 0 saturated carbocycles. The van der Waals surface area contributed by atoms with Gasteiger partial charge < -0.3 is 14.2 Å². The molecule has 0 radical (unpaired) electrons. The minimum Gasteiger partial charge on any atom is -0.493 e. The highest BCUT2D eigenvalue weighted by atomic mass is 32.2. The molecule has 0 atom stereocenters. The van der Waals surface area contributed by atoms with Gasteiger partial charge in [-0.25, -0.2) is 5.43 Å². The first-order valence-corrected chi connectivity index (χ1v) is 12.6. The number of methoxy groups -OCH3 is 3. The van der Waals surface area contributed by atoms with E-state index in [-0.39, 0.29) is 11.7 Å². The van der Waals surface area contributed by atoms with Gasteiger partial charge in [-0.15, -0.1) is 10.2 Å². The number of hydrazone groups is 1. The maximum absolute atomic E-state index is 12.4. The van der Waals surface area contributed by atoms with E-state index in [9.17, 15) is 4.79 Å². The first kappa shape index (κ1) is 26.5. The Morgan fingerprint density at radius 3 is 2.24 bits per heavy atom. The molecule has 0 aliphatic rings. The van der Waals surface area contributed by atoms with Crippen molar-refractivity contribution in [2.24, 2.45) is 5.10 Å². The van der Waals surface area contributed by atoms with E-state index in [1.54, 1.807) is 27.4 Å². The summed E-state index contributed by atoms with van der Waals surface area (Å²) in [7, 11) is 4.67. The third-order valence-electron chi connectivity index (χ3n) is 5.34. The van der Waals surface area contributed by atoms with Gasteiger partial charge in [0.1, 0.15) is 0 Å². The van der Waals surface area contributed by atoms with E-state index >= 15 is 0 Å². The number of benzene rings is 3. The second kappa shape index (κ2) is 13.1. The topological polar surface area (TPSA) is 99.9 Å². The molecular formula is C28H27N5O4S. The maximum Gasteiger partial charge on any atom is 0.250 e. The minimum atomic E-state index is -0.267. The van der Waals surface area contributed by atoms with E-state index in [2.05, 4.69) is 20.7 Å². The summed E-state index contributed by atoms with van der Waals surface area (Å²) in [5.74, 6) is 1.86. The molecule has 0 unspecified atom stereocenters. The molecule has 0 saturated heterocycles. The molecule has 0 spiro atoms. The smallest absolute Gasteiger partial charge is 0.250 e. The lowest BCUT2D eigenvalue weighted by Crippen LogP contribution is -2.19. The largest absolute Gasteiger partial charge is 0.493 e. The number of allylic oxidation sites excluding steroid dienone is 1. The van der Waals surface area contributed by atoms with Gasteiger partial charge in [-0.05, 0) is 35.9 Å². The van der Waals surface area contributed by atoms with Crippen LogP contribution in [0.4, 0.5) is 0 Å². The predicted molar refractivity (Wildman–Crippen MR) is 149 cm³/mol. The highest BCUT2D eigenvalue weighted by molar-refractivity contribution is 7.99. The van der Waals surface area contributed by atoms with Crippen molar-refractivity contribution in [1.82, 2.24) is 20.2 Å². The molecule has 0 aliphatic heterocycles. The number of rotatable bonds is 11. The van der Waals surface area contributed by atoms with Crippen LogP contribution in [0.15, 0.2) is 89.1 Å². The van der Waals surface area contributed by atoms with Crippen LogP contribution in [0.2, 0.25) is 0 Å². The lowest BCUT2D eigenvalue weighted by atomic mass is 10.1. The van der Waals surface area contributed by atoms with Crippen LogP contribution >= 0.6 is 11.8 Å². The van der Waals surface area contributed by atoms with Gasteiger partial charge in [-0.1, -0.05) is 66.4 Å². The van der Waals surface area contributed by atoms with Crippen molar-refractivity contribution >= 4 is 30.0 Å². The van der Waals surface area contributed by atoms with E-state index in [0.29, 0.717) is 33.8 Å². The van der Waals surface area contributed by atoms with Gasteiger partial charge in [0, 0.05) is 17.5 Å². The molecule has 1 amide bonds. The SMILES string of the molecule is COc1cc(-c2nnc(SCC(=O)N/N=C/C=C\c3ccccc3)n2-c2ccccc2)cc(OC)c1OC. The number of carbonyl (C=O) groups is 1. The molecule has 38 heavy (non-hydrogen) atoms. The lowest BCUT2D eigenvalue weighted by Gasteiger charge is -2.15. The van der Waals surface area contributed by atoms with Gasteiger partial charge in [-0.2, -0.15) is 5.10 Å². The first-order valence-electron chi connectivity index (χ1n) is 11.6. The summed E-state index contributed by atoms with van der Waals surface area (Å²) >= 11 is 1.25. The minimum absolute atomic E-state index is 0.0972. The molecule has 3 aromatic carbocycles. The molecule has 0 aliphatic carbocycles. The first-order chi connectivity index (χ1) is 18.6. The zero-order valence-corrected chi connectivity index (χ0v) is 22.0. The third kappa shape index (κ3) is 6.40. The number of hydrogen-bond donors (Lipinski definition) is 1. The van der Waals surface area contributed by atoms with Crippen LogP contribution in [-0.4, -0.2) is 54.0 Å². The number of nitrogens with zero attached hydrogens (tertiary/aromatic N) is 4. The summed E-state index contributed by atoms with van der Waals surface area (Å²) in [6, 6.07) is 23.1. The fraction of sp³-hybridized carbons (Fsp3) is 0.143. The summed E-state index contributed by atoms with van der Waals surface area (Å²) in [6.07, 6.45) is 5.19. The molecule has 10 heteroatoms. The van der Waals surface area contributed by atoms with Crippen molar-refractivity contribution in [3.8, 4) is 34.3 Å². The Labute approximate surface area is 225 Å². The summed E-state index contributed by atoms with van der Waals surface area (Å²) in [6.45, 7) is 0. The van der Waals surface area contributed by atoms with E-state index in [1.165, 1.54) is 18.0 Å². The number of amides is 1. The van der Waals surface area contributed by atoms with Crippen molar-refractivity contribution in [2.75, 3.05) is 27.1 Å². The maximum atomic E-state index is 12.4. The zero-order chi connectivity index (χ0) is 26.7. The van der Waals surface area contributed by atoms with Gasteiger partial charge in [0.15, 0.2) is 22.5 Å². The molecule has 1 heterocycles. The van der Waals surface area contributed by atoms with Gasteiger partial charge in [0.2, 0.25) is 5.75 Å². The summed E-state index contributed by atoms with van der Waals surface area (Å²) in [4.78, 5) is 12.4. The van der Waals surface area contributed by atoms with Crippen molar-refractivity contribution in [3.63, 3.8) is 0 Å². The van der Waals surface area contributed by atoms with Crippen LogP contribution in [0.25, 0.3) is 23.2 Å². The van der Waals surface area contributed by atoms with Crippen molar-refractivity contribution in [1.29, 1.82) is 0 Å². The molecule has 4 rings (SSSR count). The number of hydrogen-bond acceptors (Lipinski definition) is 8. The van der Waals surface area contributed by atoms with Crippen molar-refractivity contribution in [2.45, 2.75) is 5.16 Å². The Hall–Kier alpha value is -4.57. The number of thioether (sulfide) groups is 1. The normalized spacial score (nSPS) is 11.1. The monoisotopic (exact) mass is 529 g/mol. The van der Waals surface area contributed by atoms with Gasteiger partial charge in [0.05, 0.1) is 27.1 Å². The summed E-state index contributed by atoms with van der Waals surface area (Å²) in [5.41, 5.74) is 5.13. The van der Waals surface area contributed by atoms with Gasteiger partial charge in [-0.3, -0.25) is 9.36 Å². The van der Waals surface area contributed by atoms with Crippen molar-refractivity contribution < 1.29 is 19.0 Å². The number of nitrogens with one attached hydrogen (secondary N) is 1. The second-order valence-electron chi connectivity index (χ2n) is 7.76. The highest BCUT2D eigenvalue weighted by Gasteiger charge is 2.21. The number of para-hydroxylation sites is 1. The average Bonchev–Trinajstić information content (AvgIpc) is 3.40. The van der Waals surface area contributed by atoms with Crippen molar-refractivity contribution in [3.05, 3.63) is 84.4 Å². The zero-order valence-electron chi connectivity index (χ0n) is 21.2. The number of carbonyl (C=O) groups excluding carboxylic acids is 1. The molecule has 194 valence electrons. The summed E-state index contributed by atoms with van der Waals surface area (Å²) in [5, 5.41) is 13.3. The van der Waals surface area contributed by atoms with Gasteiger partial charge >= 0.3 is 0 Å². The second-order valence-corrected chi connectivity index (χ2v) is 8.71. The standard InChI is InChI=1S/C28H27N5O4S/c1-35-23-17-21(18-24(36-2)26(23)37-3)27-31-32-28(33(27)22-14-8-5-9-15-22)38-19-25(34)30-29-16-10-13-20-11-6-4-7-12-20/h4-18H,19H2,1-3H3,(H,30,34)/b13-10-,29-16+.